The fourth-order valence-electron chi connectivity index (χ4n) is 6.28. The van der Waals surface area contributed by atoms with Crippen LogP contribution in [0.15, 0.2) is 134 Å². The highest BCUT2D eigenvalue weighted by Crippen LogP contribution is 2.47. The summed E-state index contributed by atoms with van der Waals surface area (Å²) in [5.41, 5.74) is 0. The van der Waals surface area contributed by atoms with Gasteiger partial charge in [-0.05, 0) is 83.5 Å². The van der Waals surface area contributed by atoms with E-state index in [0.717, 1.165) is 57.8 Å². The summed E-state index contributed by atoms with van der Waals surface area (Å²) in [6.45, 7) is 2.81. The van der Waals surface area contributed by atoms with Gasteiger partial charge in [0, 0.05) is 12.8 Å². The van der Waals surface area contributed by atoms with Crippen LogP contribution >= 0.6 is 7.82 Å². The third-order valence-electron chi connectivity index (χ3n) is 10.2. The number of esters is 2. The van der Waals surface area contributed by atoms with Crippen LogP contribution < -0.4 is 0 Å². The summed E-state index contributed by atoms with van der Waals surface area (Å²) in [6.07, 6.45) is 38.5. The normalized spacial score (nSPS) is 23.0. The van der Waals surface area contributed by atoms with Gasteiger partial charge in [-0.2, -0.15) is 0 Å². The Morgan fingerprint density at radius 3 is 1.51 bits per heavy atom. The first-order valence-corrected chi connectivity index (χ1v) is 25.7. The average molecular weight is 989 g/mol. The van der Waals surface area contributed by atoms with Crippen LogP contribution in [-0.4, -0.2) is 121 Å². The zero-order chi connectivity index (χ0) is 51.0. The second-order valence-electron chi connectivity index (χ2n) is 16.2. The Bertz CT molecular complexity index is 1740. The molecule has 69 heavy (non-hydrogen) atoms. The molecule has 0 bridgehead atoms. The number of hydrogen-bond donors (Lipinski definition) is 8. The van der Waals surface area contributed by atoms with E-state index >= 15 is 0 Å². The highest BCUT2D eigenvalue weighted by Gasteiger charge is 2.51. The topological polar surface area (TPSA) is 250 Å². The summed E-state index contributed by atoms with van der Waals surface area (Å²) < 4.78 is 33.4. The number of allylic oxidation sites excluding steroid dienone is 18. The number of aliphatic hydroxyl groups excluding tert-OH is 7. The van der Waals surface area contributed by atoms with Crippen molar-refractivity contribution >= 4 is 19.8 Å². The van der Waals surface area contributed by atoms with Crippen molar-refractivity contribution in [1.29, 1.82) is 0 Å². The number of hydrogen-bond acceptors (Lipinski definition) is 14. The Labute approximate surface area is 410 Å². The van der Waals surface area contributed by atoms with E-state index < -0.39 is 87.9 Å². The van der Waals surface area contributed by atoms with Crippen molar-refractivity contribution < 1.29 is 73.3 Å². The molecule has 3 unspecified atom stereocenters. The van der Waals surface area contributed by atoms with Crippen LogP contribution in [0.3, 0.4) is 0 Å². The molecular formula is C53H81O15P. The van der Waals surface area contributed by atoms with Crippen LogP contribution in [0.5, 0.6) is 0 Å². The van der Waals surface area contributed by atoms with E-state index in [1.165, 1.54) is 0 Å². The lowest BCUT2D eigenvalue weighted by Crippen LogP contribution is -2.64. The van der Waals surface area contributed by atoms with Gasteiger partial charge in [0.05, 0.1) is 18.8 Å². The van der Waals surface area contributed by atoms with Gasteiger partial charge in [-0.1, -0.05) is 154 Å². The molecule has 16 heteroatoms. The molecule has 0 spiro atoms. The smallest absolute Gasteiger partial charge is 0.462 e. The Hall–Kier alpha value is -4.09. The molecule has 1 aliphatic rings. The Balaban J connectivity index is 2.58. The fourth-order valence-corrected chi connectivity index (χ4v) is 7.25. The van der Waals surface area contributed by atoms with Gasteiger partial charge in [0.25, 0.3) is 0 Å². The lowest BCUT2D eigenvalue weighted by Gasteiger charge is -2.41. The molecule has 0 saturated heterocycles. The highest BCUT2D eigenvalue weighted by atomic mass is 31.2. The monoisotopic (exact) mass is 989 g/mol. The van der Waals surface area contributed by atoms with Crippen molar-refractivity contribution in [2.24, 2.45) is 0 Å². The maximum absolute atomic E-state index is 12.8. The van der Waals surface area contributed by atoms with E-state index in [9.17, 15) is 54.8 Å². The predicted octanol–water partition coefficient (Wildman–Crippen LogP) is 7.88. The molecule has 8 N–H and O–H groups in total. The molecular weight excluding hydrogens is 908 g/mol. The molecule has 0 aliphatic heterocycles. The minimum Gasteiger partial charge on any atom is -0.462 e. The van der Waals surface area contributed by atoms with Crippen molar-refractivity contribution in [3.63, 3.8) is 0 Å². The van der Waals surface area contributed by atoms with Gasteiger partial charge in [0.1, 0.15) is 43.2 Å². The molecule has 0 aromatic carbocycles. The molecule has 0 heterocycles. The summed E-state index contributed by atoms with van der Waals surface area (Å²) in [4.78, 5) is 35.8. The summed E-state index contributed by atoms with van der Waals surface area (Å²) in [6, 6.07) is 0. The van der Waals surface area contributed by atoms with Crippen molar-refractivity contribution in [3.05, 3.63) is 134 Å². The Kier molecular flexibility index (Phi) is 37.0. The molecule has 0 aromatic rings. The minimum absolute atomic E-state index is 0.0804. The maximum Gasteiger partial charge on any atom is 0.472 e. The molecule has 10 atom stereocenters. The second-order valence-corrected chi connectivity index (χ2v) is 17.7. The number of rotatable bonds is 37. The van der Waals surface area contributed by atoms with Gasteiger partial charge in [-0.25, -0.2) is 4.57 Å². The third-order valence-corrected chi connectivity index (χ3v) is 11.2. The van der Waals surface area contributed by atoms with Gasteiger partial charge >= 0.3 is 19.8 Å². The lowest BCUT2D eigenvalue weighted by molar-refractivity contribution is -0.220. The first-order valence-electron chi connectivity index (χ1n) is 24.2. The zero-order valence-electron chi connectivity index (χ0n) is 40.5. The molecule has 0 radical (unpaired) electrons. The molecule has 0 aromatic heterocycles. The van der Waals surface area contributed by atoms with Crippen LogP contribution in [0.4, 0.5) is 0 Å². The van der Waals surface area contributed by atoms with Crippen molar-refractivity contribution in [2.45, 2.75) is 172 Å². The van der Waals surface area contributed by atoms with Gasteiger partial charge < -0.3 is 50.1 Å². The first-order chi connectivity index (χ1) is 33.2. The van der Waals surface area contributed by atoms with Crippen molar-refractivity contribution in [3.8, 4) is 0 Å². The largest absolute Gasteiger partial charge is 0.472 e. The van der Waals surface area contributed by atoms with Crippen LogP contribution in [0.1, 0.15) is 117 Å². The maximum atomic E-state index is 12.8. The van der Waals surface area contributed by atoms with Crippen LogP contribution in [0, 0.1) is 0 Å². The zero-order valence-corrected chi connectivity index (χ0v) is 41.4. The van der Waals surface area contributed by atoms with Gasteiger partial charge in [-0.15, -0.1) is 0 Å². The summed E-state index contributed by atoms with van der Waals surface area (Å²) in [5.74, 6) is -1.32. The van der Waals surface area contributed by atoms with E-state index in [4.69, 9.17) is 18.5 Å². The van der Waals surface area contributed by atoms with E-state index in [0.29, 0.717) is 25.7 Å². The molecule has 15 nitrogen and oxygen atoms in total. The second kappa shape index (κ2) is 40.6. The molecule has 0 amide bonds. The van der Waals surface area contributed by atoms with E-state index in [2.05, 4.69) is 67.7 Å². The number of carbonyl (C=O) groups excluding carboxylic acids is 2. The number of unbranched alkanes of at least 4 members (excludes halogenated alkanes) is 3. The van der Waals surface area contributed by atoms with Crippen molar-refractivity contribution in [1.82, 2.24) is 0 Å². The number of ether oxygens (including phenoxy) is 2. The summed E-state index contributed by atoms with van der Waals surface area (Å²) in [5, 5.41) is 70.2. The van der Waals surface area contributed by atoms with Gasteiger partial charge in [0.15, 0.2) is 6.10 Å². The summed E-state index contributed by atoms with van der Waals surface area (Å²) in [7, 11) is -5.19. The molecule has 1 rings (SSSR count). The molecule has 1 saturated carbocycles. The number of phosphoric acid groups is 1. The van der Waals surface area contributed by atoms with E-state index in [1.807, 2.05) is 37.3 Å². The van der Waals surface area contributed by atoms with Gasteiger partial charge in [-0.3, -0.25) is 18.6 Å². The Morgan fingerprint density at radius 1 is 0.522 bits per heavy atom. The lowest BCUT2D eigenvalue weighted by atomic mass is 9.85. The Morgan fingerprint density at radius 2 is 0.971 bits per heavy atom. The van der Waals surface area contributed by atoms with Crippen molar-refractivity contribution in [2.75, 3.05) is 13.2 Å². The fraction of sp³-hybridized carbons (Fsp3) is 0.547. The molecule has 388 valence electrons. The van der Waals surface area contributed by atoms with Crippen LogP contribution in [0.2, 0.25) is 0 Å². The third kappa shape index (κ3) is 33.2. The average Bonchev–Trinajstić information content (AvgIpc) is 3.32. The number of carbonyl (C=O) groups is 2. The molecule has 1 fully saturated rings. The standard InChI is InChI=1S/C53H81O15P/c1-3-5-7-8-9-10-11-12-13-14-15-16-17-18-19-20-21-25-33-39-46(56)65-41-45(42-66-69(63,64)68-53-51(61)49(59)48(58)50(60)52(53)62)67-47(57)40-34-26-23-22-24-30-36-44(55)38-32-28-27-31-37-43(54)35-29-6-4-2/h5-7,9-10,12-13,15-16,18-19,23-24,26-32,37-38,43-45,48-55,58-62H,3-4,8,11,14,17,20-22,25,33-36,39-42H2,1-2H3,(H,63,64)/b7-5-,10-9-,13-12-,16-15-,19-18-,26-23-,28-27-,29-6-,30-24-,37-31+,38-32+/t43-,44+,45+,48?,49-,50+,51+,52+,53?/m0/s1. The number of phosphoric ester groups is 1. The number of aliphatic hydroxyl groups is 7. The van der Waals surface area contributed by atoms with E-state index in [1.54, 1.807) is 42.5 Å². The summed E-state index contributed by atoms with van der Waals surface area (Å²) >= 11 is 0. The van der Waals surface area contributed by atoms with E-state index in [-0.39, 0.29) is 19.3 Å². The van der Waals surface area contributed by atoms with Gasteiger partial charge in [0.2, 0.25) is 0 Å². The quantitative estimate of drug-likeness (QED) is 0.00969. The van der Waals surface area contributed by atoms with Crippen LogP contribution in [0.25, 0.3) is 0 Å². The highest BCUT2D eigenvalue weighted by molar-refractivity contribution is 7.47. The first kappa shape index (κ1) is 62.9. The minimum atomic E-state index is -5.19. The van der Waals surface area contributed by atoms with Crippen LogP contribution in [-0.2, 0) is 32.7 Å². The predicted molar refractivity (Wildman–Crippen MR) is 269 cm³/mol. The SMILES string of the molecule is CC/C=C\C/C=C\C/C=C\C/C=C\C/C=C\CCCCCC(=O)OC[C@H](COP(=O)(O)OC1[C@H](O)[C@H](O)C(O)[C@H](O)[C@H]1O)OC(=O)CC/C=C\C/C=C\C[C@@H](O)/C=C/C=C\C=C\[C@@H](O)C/C=C\CC. The molecule has 1 aliphatic carbocycles.